The Labute approximate surface area is 114 Å². The first kappa shape index (κ1) is 13.5. The molecule has 1 aromatic carbocycles. The van der Waals surface area contributed by atoms with Crippen molar-refractivity contribution in [2.45, 2.75) is 19.9 Å². The van der Waals surface area contributed by atoms with Gasteiger partial charge in [-0.2, -0.15) is 0 Å². The van der Waals surface area contributed by atoms with Crippen molar-refractivity contribution in [1.29, 1.82) is 0 Å². The lowest BCUT2D eigenvalue weighted by molar-refractivity contribution is -0.146. The number of thiazole rings is 1. The molecule has 1 atom stereocenters. The number of para-hydroxylation sites is 1. The molecule has 6 heteroatoms. The second-order valence-electron chi connectivity index (χ2n) is 3.93. The maximum Gasteiger partial charge on any atom is 0.336 e. The number of benzene rings is 1. The molecule has 0 aliphatic carbocycles. The maximum absolute atomic E-state index is 11.7. The number of fused-ring (bicyclic) bond motifs is 1. The van der Waals surface area contributed by atoms with E-state index in [0.717, 1.165) is 10.2 Å². The molecule has 19 heavy (non-hydrogen) atoms. The third-order valence-electron chi connectivity index (χ3n) is 2.49. The van der Waals surface area contributed by atoms with Gasteiger partial charge >= 0.3 is 5.97 Å². The van der Waals surface area contributed by atoms with Gasteiger partial charge in [0, 0.05) is 0 Å². The number of rotatable bonds is 5. The van der Waals surface area contributed by atoms with Crippen LogP contribution in [0.5, 0.6) is 0 Å². The normalized spacial score (nSPS) is 12.1. The van der Waals surface area contributed by atoms with Crippen LogP contribution in [0.1, 0.15) is 13.8 Å². The lowest BCUT2D eigenvalue weighted by atomic mass is 10.2. The molecule has 1 unspecified atom stereocenters. The van der Waals surface area contributed by atoms with Crippen LogP contribution in [-0.2, 0) is 14.3 Å². The molecule has 0 fully saturated rings. The molecule has 0 saturated carbocycles. The average molecular weight is 278 g/mol. The molecular formula is C13H14N2O3S. The summed E-state index contributed by atoms with van der Waals surface area (Å²) < 4.78 is 5.86. The Balaban J connectivity index is 2.21. The van der Waals surface area contributed by atoms with Crippen molar-refractivity contribution in [2.24, 2.45) is 0 Å². The van der Waals surface area contributed by atoms with Crippen molar-refractivity contribution >= 4 is 38.4 Å². The van der Waals surface area contributed by atoms with Crippen LogP contribution in [-0.4, -0.2) is 29.4 Å². The highest BCUT2D eigenvalue weighted by Crippen LogP contribution is 2.26. The Hall–Kier alpha value is -1.95. The molecule has 0 amide bonds. The lowest BCUT2D eigenvalue weighted by Gasteiger charge is -2.13. The average Bonchev–Trinajstić information content (AvgIpc) is 2.78. The minimum Gasteiger partial charge on any atom is -0.464 e. The molecule has 0 aliphatic rings. The number of hydrogen-bond acceptors (Lipinski definition) is 6. The highest BCUT2D eigenvalue weighted by molar-refractivity contribution is 7.22. The molecule has 0 spiro atoms. The van der Waals surface area contributed by atoms with E-state index in [9.17, 15) is 9.59 Å². The topological polar surface area (TPSA) is 68.3 Å². The van der Waals surface area contributed by atoms with E-state index in [1.165, 1.54) is 18.3 Å². The molecule has 2 aromatic rings. The molecule has 0 saturated heterocycles. The summed E-state index contributed by atoms with van der Waals surface area (Å²) in [4.78, 5) is 27.5. The largest absolute Gasteiger partial charge is 0.464 e. The van der Waals surface area contributed by atoms with E-state index in [2.05, 4.69) is 10.3 Å². The predicted molar refractivity (Wildman–Crippen MR) is 74.3 cm³/mol. The van der Waals surface area contributed by atoms with E-state index >= 15 is 0 Å². The third kappa shape index (κ3) is 3.08. The number of anilines is 1. The summed E-state index contributed by atoms with van der Waals surface area (Å²) in [6, 6.07) is 6.62. The number of Topliss-reactive ketones (excluding diaryl/α,β-unsaturated/α-hetero) is 1. The number of nitrogens with one attached hydrogen (secondary N) is 1. The zero-order valence-electron chi connectivity index (χ0n) is 10.7. The van der Waals surface area contributed by atoms with Crippen LogP contribution >= 0.6 is 11.3 Å². The maximum atomic E-state index is 11.7. The van der Waals surface area contributed by atoms with Crippen LogP contribution in [0.25, 0.3) is 10.2 Å². The molecule has 0 bridgehead atoms. The third-order valence-corrected chi connectivity index (χ3v) is 3.46. The van der Waals surface area contributed by atoms with E-state index in [4.69, 9.17) is 4.74 Å². The smallest absolute Gasteiger partial charge is 0.336 e. The zero-order chi connectivity index (χ0) is 13.8. The number of ether oxygens (including phenoxy) is 1. The fraction of sp³-hybridized carbons (Fsp3) is 0.308. The van der Waals surface area contributed by atoms with E-state index in [1.54, 1.807) is 6.92 Å². The van der Waals surface area contributed by atoms with Crippen molar-refractivity contribution in [1.82, 2.24) is 4.98 Å². The second kappa shape index (κ2) is 5.79. The summed E-state index contributed by atoms with van der Waals surface area (Å²) in [7, 11) is 0. The van der Waals surface area contributed by atoms with Crippen LogP contribution in [0.3, 0.4) is 0 Å². The van der Waals surface area contributed by atoms with Crippen molar-refractivity contribution in [2.75, 3.05) is 11.9 Å². The molecule has 1 heterocycles. The van der Waals surface area contributed by atoms with Crippen molar-refractivity contribution in [3.05, 3.63) is 24.3 Å². The van der Waals surface area contributed by atoms with Gasteiger partial charge < -0.3 is 10.1 Å². The van der Waals surface area contributed by atoms with Gasteiger partial charge in [-0.1, -0.05) is 23.5 Å². The van der Waals surface area contributed by atoms with Crippen LogP contribution in [0.15, 0.2) is 24.3 Å². The number of carbonyl (C=O) groups is 2. The monoisotopic (exact) mass is 278 g/mol. The Bertz CT molecular complexity index is 576. The quantitative estimate of drug-likeness (QED) is 0.671. The summed E-state index contributed by atoms with van der Waals surface area (Å²) in [5.41, 5.74) is 0.834. The standard InChI is InChI=1S/C13H14N2O3S/c1-3-18-12(17)11(8(2)16)15-13-14-9-6-4-5-7-10(9)19-13/h4-7,11H,3H2,1-2H3,(H,14,15). The molecule has 0 aliphatic heterocycles. The van der Waals surface area contributed by atoms with E-state index < -0.39 is 12.0 Å². The summed E-state index contributed by atoms with van der Waals surface area (Å²) in [6.07, 6.45) is 0. The van der Waals surface area contributed by atoms with E-state index in [0.29, 0.717) is 5.13 Å². The van der Waals surface area contributed by atoms with Gasteiger partial charge in [0.25, 0.3) is 0 Å². The highest BCUT2D eigenvalue weighted by atomic mass is 32.1. The first-order chi connectivity index (χ1) is 9.11. The van der Waals surface area contributed by atoms with Gasteiger partial charge in [0.05, 0.1) is 16.8 Å². The molecular weight excluding hydrogens is 264 g/mol. The van der Waals surface area contributed by atoms with Gasteiger partial charge in [-0.05, 0) is 26.0 Å². The van der Waals surface area contributed by atoms with Gasteiger partial charge in [-0.3, -0.25) is 4.79 Å². The predicted octanol–water partition coefficient (Wildman–Crippen LogP) is 2.23. The van der Waals surface area contributed by atoms with Gasteiger partial charge in [0.15, 0.2) is 17.0 Å². The SMILES string of the molecule is CCOC(=O)C(Nc1nc2ccccc2s1)C(C)=O. The van der Waals surface area contributed by atoms with Crippen molar-refractivity contribution < 1.29 is 14.3 Å². The Morgan fingerprint density at radius 3 is 2.79 bits per heavy atom. The Morgan fingerprint density at radius 2 is 2.16 bits per heavy atom. The van der Waals surface area contributed by atoms with Crippen molar-refractivity contribution in [3.63, 3.8) is 0 Å². The van der Waals surface area contributed by atoms with Gasteiger partial charge in [-0.15, -0.1) is 0 Å². The second-order valence-corrected chi connectivity index (χ2v) is 4.96. The number of ketones is 1. The van der Waals surface area contributed by atoms with E-state index in [-0.39, 0.29) is 12.4 Å². The lowest BCUT2D eigenvalue weighted by Crippen LogP contribution is -2.37. The molecule has 1 N–H and O–H groups in total. The minimum atomic E-state index is -1.000. The number of esters is 1. The fourth-order valence-corrected chi connectivity index (χ4v) is 2.50. The summed E-state index contributed by atoms with van der Waals surface area (Å²) in [5, 5.41) is 3.37. The molecule has 5 nitrogen and oxygen atoms in total. The van der Waals surface area contributed by atoms with Crippen molar-refractivity contribution in [3.8, 4) is 0 Å². The van der Waals surface area contributed by atoms with Crippen LogP contribution < -0.4 is 5.32 Å². The fourth-order valence-electron chi connectivity index (χ4n) is 1.61. The number of carbonyl (C=O) groups excluding carboxylic acids is 2. The van der Waals surface area contributed by atoms with Gasteiger partial charge in [-0.25, -0.2) is 9.78 Å². The molecule has 2 rings (SSSR count). The minimum absolute atomic E-state index is 0.240. The first-order valence-electron chi connectivity index (χ1n) is 5.91. The zero-order valence-corrected chi connectivity index (χ0v) is 11.5. The van der Waals surface area contributed by atoms with Crippen LogP contribution in [0.2, 0.25) is 0 Å². The summed E-state index contributed by atoms with van der Waals surface area (Å²) in [6.45, 7) is 3.29. The van der Waals surface area contributed by atoms with Crippen LogP contribution in [0.4, 0.5) is 5.13 Å². The number of aromatic nitrogens is 1. The Morgan fingerprint density at radius 1 is 1.42 bits per heavy atom. The van der Waals surface area contributed by atoms with Crippen LogP contribution in [0, 0.1) is 0 Å². The number of nitrogens with zero attached hydrogens (tertiary/aromatic N) is 1. The van der Waals surface area contributed by atoms with E-state index in [1.807, 2.05) is 24.3 Å². The Kier molecular flexibility index (Phi) is 4.11. The molecule has 1 aromatic heterocycles. The summed E-state index contributed by atoms with van der Waals surface area (Å²) in [5.74, 6) is -0.869. The van der Waals surface area contributed by atoms with Gasteiger partial charge in [0.1, 0.15) is 0 Å². The summed E-state index contributed by atoms with van der Waals surface area (Å²) >= 11 is 1.40. The highest BCUT2D eigenvalue weighted by Gasteiger charge is 2.25. The van der Waals surface area contributed by atoms with Gasteiger partial charge in [0.2, 0.25) is 0 Å². The molecule has 0 radical (unpaired) electrons. The molecule has 100 valence electrons. The number of hydrogen-bond donors (Lipinski definition) is 1. The first-order valence-corrected chi connectivity index (χ1v) is 6.72.